The lowest BCUT2D eigenvalue weighted by Crippen LogP contribution is -2.04. The molecule has 0 heterocycles. The van der Waals surface area contributed by atoms with Gasteiger partial charge < -0.3 is 4.55 Å². The molecule has 0 amide bonds. The van der Waals surface area contributed by atoms with Crippen molar-refractivity contribution >= 4 is 33.1 Å². The Kier molecular flexibility index (Phi) is 3.09. The Labute approximate surface area is 94.0 Å². The van der Waals surface area contributed by atoms with E-state index >= 15 is 0 Å². The van der Waals surface area contributed by atoms with Gasteiger partial charge in [0.05, 0.1) is 4.92 Å². The largest absolute Gasteiger partial charge is 0.744 e. The van der Waals surface area contributed by atoms with E-state index in [1.54, 1.807) is 0 Å². The van der Waals surface area contributed by atoms with Crippen LogP contribution in [0.3, 0.4) is 0 Å². The van der Waals surface area contributed by atoms with Crippen LogP contribution in [0.1, 0.15) is 0 Å². The zero-order valence-corrected chi connectivity index (χ0v) is 8.90. The third-order valence-corrected chi connectivity index (χ3v) is 2.81. The first kappa shape index (κ1) is 12.3. The minimum atomic E-state index is -5.17. The van der Waals surface area contributed by atoms with Crippen LogP contribution in [0, 0.1) is 15.5 Å². The van der Waals surface area contributed by atoms with E-state index in [2.05, 4.69) is 4.98 Å². The van der Waals surface area contributed by atoms with Gasteiger partial charge in [-0.05, 0) is 6.07 Å². The van der Waals surface area contributed by atoms with E-state index in [9.17, 15) is 23.1 Å². The third-order valence-electron chi connectivity index (χ3n) is 1.60. The van der Waals surface area contributed by atoms with E-state index in [4.69, 9.17) is 17.0 Å². The normalized spacial score (nSPS) is 10.8. The molecule has 10 heteroatoms. The van der Waals surface area contributed by atoms with E-state index in [0.717, 1.165) is 12.1 Å². The summed E-state index contributed by atoms with van der Waals surface area (Å²) in [5.74, 6) is 0. The van der Waals surface area contributed by atoms with Crippen LogP contribution in [-0.4, -0.2) is 17.9 Å². The molecule has 84 valence electrons. The van der Waals surface area contributed by atoms with Crippen LogP contribution < -0.4 is 0 Å². The highest BCUT2D eigenvalue weighted by atomic mass is 35.5. The quantitative estimate of drug-likeness (QED) is 0.345. The summed E-state index contributed by atoms with van der Waals surface area (Å²) in [6.45, 7) is 0. The van der Waals surface area contributed by atoms with Crippen LogP contribution in [-0.2, 0) is 10.1 Å². The summed E-state index contributed by atoms with van der Waals surface area (Å²) in [5, 5.41) is 18.5. The van der Waals surface area contributed by atoms with Crippen LogP contribution in [0.4, 0.5) is 11.4 Å². The fourth-order valence-corrected chi connectivity index (χ4v) is 2.10. The maximum absolute atomic E-state index is 10.8. The third kappa shape index (κ3) is 2.08. The van der Waals surface area contributed by atoms with Crippen molar-refractivity contribution in [1.29, 1.82) is 5.39 Å². The number of diazo groups is 1. The molecule has 0 spiro atoms. The minimum absolute atomic E-state index is 0.535. The molecule has 0 unspecified atom stereocenters. The van der Waals surface area contributed by atoms with Crippen LogP contribution in [0.2, 0.25) is 5.02 Å². The number of hydrogen-bond acceptors (Lipinski definition) is 6. The van der Waals surface area contributed by atoms with Crippen molar-refractivity contribution in [3.05, 3.63) is 32.2 Å². The predicted molar refractivity (Wildman–Crippen MR) is 50.8 cm³/mol. The lowest BCUT2D eigenvalue weighted by molar-refractivity contribution is -0.387. The van der Waals surface area contributed by atoms with Crippen molar-refractivity contribution in [3.8, 4) is 0 Å². The molecule has 1 aromatic carbocycles. The highest BCUT2D eigenvalue weighted by Crippen LogP contribution is 2.38. The van der Waals surface area contributed by atoms with Gasteiger partial charge in [0.2, 0.25) is 10.3 Å². The number of nitro benzene ring substituents is 1. The molecule has 1 aromatic rings. The van der Waals surface area contributed by atoms with Crippen molar-refractivity contribution in [2.45, 2.75) is 4.90 Å². The zero-order chi connectivity index (χ0) is 12.5. The molecule has 8 nitrogen and oxygen atoms in total. The number of halogens is 1. The van der Waals surface area contributed by atoms with Crippen LogP contribution in [0.5, 0.6) is 0 Å². The maximum atomic E-state index is 10.8. The van der Waals surface area contributed by atoms with Crippen molar-refractivity contribution in [1.82, 2.24) is 0 Å². The SMILES string of the molecule is N#[N+]c1ccc(Cl)c([N+](=O)[O-])c1S(=O)(=O)[O-]. The van der Waals surface area contributed by atoms with E-state index in [1.165, 1.54) is 0 Å². The molecule has 0 radical (unpaired) electrons. The number of nitro groups is 1. The highest BCUT2D eigenvalue weighted by molar-refractivity contribution is 7.86. The standard InChI is InChI=1S/C6H2ClN3O5S/c7-3-1-2-4(9-8)6(16(13,14)15)5(3)10(11)12/h1-2H. The van der Waals surface area contributed by atoms with E-state index < -0.39 is 36.3 Å². The summed E-state index contributed by atoms with van der Waals surface area (Å²) < 4.78 is 32.4. The first-order valence-electron chi connectivity index (χ1n) is 3.57. The first-order valence-corrected chi connectivity index (χ1v) is 5.35. The van der Waals surface area contributed by atoms with Gasteiger partial charge in [0, 0.05) is 6.07 Å². The zero-order valence-electron chi connectivity index (χ0n) is 7.32. The molecule has 0 atom stereocenters. The molecule has 0 aliphatic heterocycles. The predicted octanol–water partition coefficient (Wildman–Crippen LogP) is 1.64. The van der Waals surface area contributed by atoms with Crippen LogP contribution in [0.15, 0.2) is 17.0 Å². The van der Waals surface area contributed by atoms with E-state index in [0.29, 0.717) is 0 Å². The van der Waals surface area contributed by atoms with Crippen LogP contribution in [0.25, 0.3) is 4.98 Å². The molecule has 0 aliphatic carbocycles. The topological polar surface area (TPSA) is 128 Å². The molecule has 0 aromatic heterocycles. The van der Waals surface area contributed by atoms with Gasteiger partial charge in [0.25, 0.3) is 0 Å². The Hall–Kier alpha value is -1.76. The van der Waals surface area contributed by atoms with E-state index in [1.807, 2.05) is 0 Å². The second-order valence-electron chi connectivity index (χ2n) is 2.56. The van der Waals surface area contributed by atoms with Crippen molar-refractivity contribution in [2.75, 3.05) is 0 Å². The molecule has 0 bridgehead atoms. The molecule has 16 heavy (non-hydrogen) atoms. The fourth-order valence-electron chi connectivity index (χ4n) is 1.03. The molecule has 0 fully saturated rings. The van der Waals surface area contributed by atoms with Gasteiger partial charge in [-0.1, -0.05) is 11.6 Å². The molecule has 1 rings (SSSR count). The van der Waals surface area contributed by atoms with Gasteiger partial charge in [-0.15, -0.1) is 0 Å². The van der Waals surface area contributed by atoms with Crippen LogP contribution >= 0.6 is 11.6 Å². The van der Waals surface area contributed by atoms with Gasteiger partial charge in [0.15, 0.2) is 4.98 Å². The van der Waals surface area contributed by atoms with Gasteiger partial charge in [-0.3, -0.25) is 10.1 Å². The van der Waals surface area contributed by atoms with E-state index in [-0.39, 0.29) is 0 Å². The Morgan fingerprint density at radius 3 is 2.38 bits per heavy atom. The van der Waals surface area contributed by atoms with Crippen molar-refractivity contribution < 1.29 is 17.9 Å². The van der Waals surface area contributed by atoms with Gasteiger partial charge in [-0.25, -0.2) is 8.42 Å². The minimum Gasteiger partial charge on any atom is -0.744 e. The number of rotatable bonds is 2. The highest BCUT2D eigenvalue weighted by Gasteiger charge is 2.33. The van der Waals surface area contributed by atoms with Gasteiger partial charge in [-0.2, -0.15) is 0 Å². The Morgan fingerprint density at radius 2 is 2.00 bits per heavy atom. The Morgan fingerprint density at radius 1 is 1.44 bits per heavy atom. The van der Waals surface area contributed by atoms with Gasteiger partial charge >= 0.3 is 11.4 Å². The summed E-state index contributed by atoms with van der Waals surface area (Å²) in [6, 6.07) is 1.82. The summed E-state index contributed by atoms with van der Waals surface area (Å²) >= 11 is 5.39. The van der Waals surface area contributed by atoms with Crippen molar-refractivity contribution in [2.24, 2.45) is 0 Å². The first-order chi connectivity index (χ1) is 7.29. The lowest BCUT2D eigenvalue weighted by atomic mass is 10.3. The lowest BCUT2D eigenvalue weighted by Gasteiger charge is -2.05. The second-order valence-corrected chi connectivity index (χ2v) is 4.28. The summed E-state index contributed by atoms with van der Waals surface area (Å²) in [4.78, 5) is 10.6. The maximum Gasteiger partial charge on any atom is 0.409 e. The molecule has 0 saturated carbocycles. The number of hydrogen-bond donors (Lipinski definition) is 0. The van der Waals surface area contributed by atoms with Gasteiger partial charge in [0.1, 0.15) is 15.1 Å². The average Bonchev–Trinajstić information content (AvgIpc) is 2.15. The molecular formula is C6H2ClN3O5S. The second kappa shape index (κ2) is 4.01. The molecule has 0 N–H and O–H groups in total. The monoisotopic (exact) mass is 263 g/mol. The Balaban J connectivity index is 3.86. The summed E-state index contributed by atoms with van der Waals surface area (Å²) in [7, 11) is -5.17. The summed E-state index contributed by atoms with van der Waals surface area (Å²) in [6.07, 6.45) is 0. The number of nitrogens with zero attached hydrogens (tertiary/aromatic N) is 3. The average molecular weight is 264 g/mol. The smallest absolute Gasteiger partial charge is 0.409 e. The fraction of sp³-hybridized carbons (Fsp3) is 0. The summed E-state index contributed by atoms with van der Waals surface area (Å²) in [5.41, 5.74) is -1.84. The molecule has 0 saturated heterocycles. The van der Waals surface area contributed by atoms with Crippen molar-refractivity contribution in [3.63, 3.8) is 0 Å². The Bertz CT molecular complexity index is 605. The number of benzene rings is 1. The molecular weight excluding hydrogens is 262 g/mol. The molecule has 0 aliphatic rings.